The smallest absolute Gasteiger partial charge is 0.224 e. The van der Waals surface area contributed by atoms with Gasteiger partial charge in [0.2, 0.25) is 5.95 Å². The van der Waals surface area contributed by atoms with Crippen LogP contribution in [0.1, 0.15) is 24.7 Å². The Kier molecular flexibility index (Phi) is 5.29. The molecule has 0 aliphatic carbocycles. The Bertz CT molecular complexity index is 573. The topological polar surface area (TPSA) is 62.7 Å². The minimum atomic E-state index is 0.629. The van der Waals surface area contributed by atoms with Crippen LogP contribution in [0, 0.1) is 6.92 Å². The zero-order valence-corrected chi connectivity index (χ0v) is 13.2. The number of hydrogen-bond donors (Lipinski definition) is 2. The summed E-state index contributed by atoms with van der Waals surface area (Å²) < 4.78 is 0.840. The maximum absolute atomic E-state index is 4.45. The van der Waals surface area contributed by atoms with Crippen LogP contribution in [0.3, 0.4) is 0 Å². The maximum atomic E-state index is 4.45. The fraction of sp³-hybridized carbons (Fsp3) is 0.357. The van der Waals surface area contributed by atoms with Crippen molar-refractivity contribution in [2.75, 3.05) is 17.2 Å². The van der Waals surface area contributed by atoms with E-state index in [2.05, 4.69) is 48.4 Å². The third kappa shape index (κ3) is 4.16. The largest absolute Gasteiger partial charge is 0.363 e. The fourth-order valence-electron chi connectivity index (χ4n) is 1.69. The lowest BCUT2D eigenvalue weighted by Gasteiger charge is -2.09. The molecule has 0 radical (unpaired) electrons. The third-order valence-corrected chi connectivity index (χ3v) is 3.24. The Morgan fingerprint density at radius 2 is 2.05 bits per heavy atom. The highest BCUT2D eigenvalue weighted by Crippen LogP contribution is 2.20. The second-order valence-corrected chi connectivity index (χ2v) is 5.30. The molecule has 5 nitrogen and oxygen atoms in total. The van der Waals surface area contributed by atoms with Gasteiger partial charge in [-0.15, -0.1) is 0 Å². The molecule has 0 saturated heterocycles. The van der Waals surface area contributed by atoms with Crippen LogP contribution in [0.25, 0.3) is 0 Å². The molecule has 2 N–H and O–H groups in total. The number of nitrogens with zero attached hydrogens (tertiary/aromatic N) is 3. The van der Waals surface area contributed by atoms with Gasteiger partial charge in [0, 0.05) is 18.4 Å². The van der Waals surface area contributed by atoms with Crippen LogP contribution in [-0.4, -0.2) is 21.5 Å². The van der Waals surface area contributed by atoms with Gasteiger partial charge in [0.15, 0.2) is 0 Å². The number of nitrogens with one attached hydrogen (secondary N) is 2. The van der Waals surface area contributed by atoms with Crippen LogP contribution in [-0.2, 0) is 6.54 Å². The Morgan fingerprint density at radius 3 is 2.80 bits per heavy atom. The number of aromatic nitrogens is 3. The summed E-state index contributed by atoms with van der Waals surface area (Å²) in [5.41, 5.74) is 2.00. The lowest BCUT2D eigenvalue weighted by atomic mass is 10.3. The number of hydrogen-bond acceptors (Lipinski definition) is 5. The molecule has 0 aliphatic rings. The van der Waals surface area contributed by atoms with Gasteiger partial charge in [-0.25, -0.2) is 4.98 Å². The van der Waals surface area contributed by atoms with E-state index >= 15 is 0 Å². The number of anilines is 2. The molecule has 2 aromatic rings. The summed E-state index contributed by atoms with van der Waals surface area (Å²) in [5, 5.41) is 6.44. The number of halogens is 1. The second-order valence-electron chi connectivity index (χ2n) is 4.44. The Hall–Kier alpha value is -1.69. The van der Waals surface area contributed by atoms with Crippen LogP contribution in [0.15, 0.2) is 28.9 Å². The lowest BCUT2D eigenvalue weighted by molar-refractivity contribution is 0.944. The zero-order chi connectivity index (χ0) is 14.4. The summed E-state index contributed by atoms with van der Waals surface area (Å²) in [6.45, 7) is 5.58. The van der Waals surface area contributed by atoms with Crippen molar-refractivity contribution in [2.45, 2.75) is 26.8 Å². The van der Waals surface area contributed by atoms with E-state index in [0.29, 0.717) is 12.5 Å². The summed E-state index contributed by atoms with van der Waals surface area (Å²) in [5.74, 6) is 1.40. The Balaban J connectivity index is 2.04. The van der Waals surface area contributed by atoms with Crippen molar-refractivity contribution in [3.8, 4) is 0 Å². The fourth-order valence-corrected chi connectivity index (χ4v) is 2.02. The lowest BCUT2D eigenvalue weighted by Crippen LogP contribution is -2.08. The molecule has 20 heavy (non-hydrogen) atoms. The van der Waals surface area contributed by atoms with E-state index < -0.39 is 0 Å². The van der Waals surface area contributed by atoms with Crippen molar-refractivity contribution in [1.29, 1.82) is 0 Å². The molecule has 0 spiro atoms. The quantitative estimate of drug-likeness (QED) is 0.847. The van der Waals surface area contributed by atoms with Crippen molar-refractivity contribution >= 4 is 27.7 Å². The van der Waals surface area contributed by atoms with Crippen LogP contribution in [0.2, 0.25) is 0 Å². The molecular formula is C14H18BrN5. The molecule has 2 heterocycles. The van der Waals surface area contributed by atoms with Crippen LogP contribution >= 0.6 is 15.9 Å². The monoisotopic (exact) mass is 335 g/mol. The summed E-state index contributed by atoms with van der Waals surface area (Å²) in [4.78, 5) is 13.1. The van der Waals surface area contributed by atoms with Gasteiger partial charge in [-0.1, -0.05) is 13.0 Å². The predicted octanol–water partition coefficient (Wildman–Crippen LogP) is 3.38. The van der Waals surface area contributed by atoms with Gasteiger partial charge in [-0.05, 0) is 41.4 Å². The number of aryl methyl sites for hydroxylation is 1. The molecule has 0 atom stereocenters. The molecule has 0 bridgehead atoms. The van der Waals surface area contributed by atoms with Crippen molar-refractivity contribution in [3.63, 3.8) is 0 Å². The normalized spacial score (nSPS) is 10.3. The minimum absolute atomic E-state index is 0.629. The summed E-state index contributed by atoms with van der Waals surface area (Å²) in [7, 11) is 0. The van der Waals surface area contributed by atoms with Gasteiger partial charge in [-0.3, -0.25) is 4.98 Å². The van der Waals surface area contributed by atoms with Crippen molar-refractivity contribution < 1.29 is 0 Å². The first kappa shape index (κ1) is 14.7. The molecule has 0 aliphatic heterocycles. The maximum Gasteiger partial charge on any atom is 0.224 e. The van der Waals surface area contributed by atoms with E-state index in [9.17, 15) is 0 Å². The van der Waals surface area contributed by atoms with Crippen molar-refractivity contribution in [2.24, 2.45) is 0 Å². The molecule has 0 unspecified atom stereocenters. The first-order valence-electron chi connectivity index (χ1n) is 6.62. The standard InChI is InChI=1S/C14H18BrN5/c1-3-7-16-14-18-9-12(15)13(20-14)17-8-11-6-4-5-10(2)19-11/h4-6,9H,3,7-8H2,1-2H3,(H2,16,17,18,20). The summed E-state index contributed by atoms with van der Waals surface area (Å²) in [6, 6.07) is 5.98. The third-order valence-electron chi connectivity index (χ3n) is 2.66. The predicted molar refractivity (Wildman–Crippen MR) is 84.8 cm³/mol. The Labute approximate surface area is 127 Å². The molecule has 2 rings (SSSR count). The van der Waals surface area contributed by atoms with Gasteiger partial charge in [0.25, 0.3) is 0 Å². The molecule has 2 aromatic heterocycles. The van der Waals surface area contributed by atoms with E-state index in [1.165, 1.54) is 0 Å². The van der Waals surface area contributed by atoms with Gasteiger partial charge < -0.3 is 10.6 Å². The van der Waals surface area contributed by atoms with E-state index in [1.54, 1.807) is 6.20 Å². The van der Waals surface area contributed by atoms with Gasteiger partial charge in [0.1, 0.15) is 5.82 Å². The molecular weight excluding hydrogens is 318 g/mol. The van der Waals surface area contributed by atoms with E-state index in [0.717, 1.165) is 34.6 Å². The van der Waals surface area contributed by atoms with E-state index in [-0.39, 0.29) is 0 Å². The molecule has 0 aromatic carbocycles. The molecule has 106 valence electrons. The van der Waals surface area contributed by atoms with Crippen molar-refractivity contribution in [3.05, 3.63) is 40.3 Å². The van der Waals surface area contributed by atoms with Crippen LogP contribution in [0.4, 0.5) is 11.8 Å². The highest BCUT2D eigenvalue weighted by Gasteiger charge is 2.05. The SMILES string of the molecule is CCCNc1ncc(Br)c(NCc2cccc(C)n2)n1. The van der Waals surface area contributed by atoms with Crippen molar-refractivity contribution in [1.82, 2.24) is 15.0 Å². The molecule has 0 amide bonds. The summed E-state index contributed by atoms with van der Waals surface area (Å²) in [6.07, 6.45) is 2.78. The second kappa shape index (κ2) is 7.19. The molecule has 0 fully saturated rings. The first-order chi connectivity index (χ1) is 9.69. The average molecular weight is 336 g/mol. The number of pyridine rings is 1. The van der Waals surface area contributed by atoms with Crippen LogP contribution < -0.4 is 10.6 Å². The van der Waals surface area contributed by atoms with E-state index in [4.69, 9.17) is 0 Å². The molecule has 0 saturated carbocycles. The van der Waals surface area contributed by atoms with Gasteiger partial charge in [-0.2, -0.15) is 4.98 Å². The van der Waals surface area contributed by atoms with Gasteiger partial charge >= 0.3 is 0 Å². The van der Waals surface area contributed by atoms with Gasteiger partial charge in [0.05, 0.1) is 16.7 Å². The highest BCUT2D eigenvalue weighted by molar-refractivity contribution is 9.10. The minimum Gasteiger partial charge on any atom is -0.363 e. The zero-order valence-electron chi connectivity index (χ0n) is 11.7. The first-order valence-corrected chi connectivity index (χ1v) is 7.41. The van der Waals surface area contributed by atoms with E-state index in [1.807, 2.05) is 25.1 Å². The highest BCUT2D eigenvalue weighted by atomic mass is 79.9. The average Bonchev–Trinajstić information content (AvgIpc) is 2.45. The molecule has 6 heteroatoms. The summed E-state index contributed by atoms with van der Waals surface area (Å²) >= 11 is 3.45. The Morgan fingerprint density at radius 1 is 1.20 bits per heavy atom. The van der Waals surface area contributed by atoms with Crippen LogP contribution in [0.5, 0.6) is 0 Å². The number of rotatable bonds is 6.